The molecular weight excluding hydrogens is 258 g/mol. The average molecular weight is 282 g/mol. The zero-order chi connectivity index (χ0) is 14.5. The summed E-state index contributed by atoms with van der Waals surface area (Å²) in [4.78, 5) is 2.43. The molecular formula is C16H24F2N2. The Morgan fingerprint density at radius 1 is 1.30 bits per heavy atom. The summed E-state index contributed by atoms with van der Waals surface area (Å²) < 4.78 is 26.8. The molecule has 1 heterocycles. The molecule has 0 saturated carbocycles. The van der Waals surface area contributed by atoms with Gasteiger partial charge in [-0.15, -0.1) is 0 Å². The zero-order valence-corrected chi connectivity index (χ0v) is 12.3. The topological polar surface area (TPSA) is 15.3 Å². The second-order valence-corrected chi connectivity index (χ2v) is 5.87. The van der Waals surface area contributed by atoms with Crippen LogP contribution in [-0.2, 0) is 0 Å². The molecule has 1 aliphatic rings. The number of nitrogens with one attached hydrogen (secondary N) is 1. The third-order valence-electron chi connectivity index (χ3n) is 4.18. The van der Waals surface area contributed by atoms with Crippen molar-refractivity contribution in [2.45, 2.75) is 32.7 Å². The summed E-state index contributed by atoms with van der Waals surface area (Å²) in [6.07, 6.45) is 2.52. The molecule has 0 radical (unpaired) electrons. The van der Waals surface area contributed by atoms with Crippen LogP contribution in [0.3, 0.4) is 0 Å². The number of hydrogen-bond acceptors (Lipinski definition) is 2. The van der Waals surface area contributed by atoms with E-state index in [0.717, 1.165) is 38.2 Å². The number of likely N-dealkylation sites (tertiary alicyclic amines) is 1. The summed E-state index contributed by atoms with van der Waals surface area (Å²) in [5.41, 5.74) is 0.400. The quantitative estimate of drug-likeness (QED) is 0.891. The van der Waals surface area contributed by atoms with E-state index in [4.69, 9.17) is 0 Å². The van der Waals surface area contributed by atoms with Crippen LogP contribution in [0.15, 0.2) is 18.2 Å². The lowest BCUT2D eigenvalue weighted by atomic mass is 9.99. The molecule has 20 heavy (non-hydrogen) atoms. The molecule has 0 spiro atoms. The molecule has 112 valence electrons. The van der Waals surface area contributed by atoms with Crippen molar-refractivity contribution < 1.29 is 8.78 Å². The van der Waals surface area contributed by atoms with Gasteiger partial charge in [0.25, 0.3) is 0 Å². The lowest BCUT2D eigenvalue weighted by Gasteiger charge is -2.30. The van der Waals surface area contributed by atoms with Crippen molar-refractivity contribution in [3.8, 4) is 0 Å². The van der Waals surface area contributed by atoms with Gasteiger partial charge in [-0.05, 0) is 57.0 Å². The van der Waals surface area contributed by atoms with Gasteiger partial charge in [0, 0.05) is 24.7 Å². The van der Waals surface area contributed by atoms with Crippen LogP contribution >= 0.6 is 0 Å². The molecule has 2 rings (SSSR count). The van der Waals surface area contributed by atoms with Crippen LogP contribution in [0.2, 0.25) is 0 Å². The molecule has 1 N–H and O–H groups in total. The van der Waals surface area contributed by atoms with Crippen molar-refractivity contribution in [3.63, 3.8) is 0 Å². The van der Waals surface area contributed by atoms with Crippen molar-refractivity contribution in [2.75, 3.05) is 26.2 Å². The van der Waals surface area contributed by atoms with E-state index in [-0.39, 0.29) is 17.7 Å². The lowest BCUT2D eigenvalue weighted by Crippen LogP contribution is -2.38. The molecule has 0 amide bonds. The minimum absolute atomic E-state index is 0.172. The van der Waals surface area contributed by atoms with Crippen LogP contribution in [0.25, 0.3) is 0 Å². The van der Waals surface area contributed by atoms with E-state index in [2.05, 4.69) is 17.1 Å². The molecule has 1 unspecified atom stereocenters. The van der Waals surface area contributed by atoms with Gasteiger partial charge in [0.15, 0.2) is 0 Å². The maximum atomic E-state index is 13.6. The van der Waals surface area contributed by atoms with Crippen LogP contribution in [0.4, 0.5) is 8.78 Å². The van der Waals surface area contributed by atoms with Gasteiger partial charge in [-0.25, -0.2) is 8.78 Å². The van der Waals surface area contributed by atoms with Crippen molar-refractivity contribution in [2.24, 2.45) is 5.92 Å². The van der Waals surface area contributed by atoms with E-state index in [1.54, 1.807) is 0 Å². The summed E-state index contributed by atoms with van der Waals surface area (Å²) in [5, 5.41) is 3.28. The molecule has 1 saturated heterocycles. The minimum Gasteiger partial charge on any atom is -0.309 e. The predicted molar refractivity (Wildman–Crippen MR) is 77.6 cm³/mol. The fourth-order valence-corrected chi connectivity index (χ4v) is 2.68. The average Bonchev–Trinajstić information content (AvgIpc) is 2.43. The normalized spacial score (nSPS) is 19.2. The third-order valence-corrected chi connectivity index (χ3v) is 4.18. The van der Waals surface area contributed by atoms with Crippen molar-refractivity contribution >= 4 is 0 Å². The monoisotopic (exact) mass is 282 g/mol. The molecule has 0 aliphatic carbocycles. The molecule has 1 aliphatic heterocycles. The number of hydrogen-bond donors (Lipinski definition) is 1. The maximum Gasteiger partial charge on any atom is 0.128 e. The Hall–Kier alpha value is -1.00. The summed E-state index contributed by atoms with van der Waals surface area (Å²) in [7, 11) is 0. The van der Waals surface area contributed by atoms with E-state index in [0.29, 0.717) is 5.56 Å². The molecule has 0 bridgehead atoms. The van der Waals surface area contributed by atoms with E-state index >= 15 is 0 Å². The molecule has 1 aromatic carbocycles. The van der Waals surface area contributed by atoms with Gasteiger partial charge in [-0.2, -0.15) is 0 Å². The highest BCUT2D eigenvalue weighted by Crippen LogP contribution is 2.18. The van der Waals surface area contributed by atoms with Gasteiger partial charge in [0.1, 0.15) is 11.6 Å². The molecule has 4 heteroatoms. The van der Waals surface area contributed by atoms with Crippen LogP contribution < -0.4 is 5.32 Å². The van der Waals surface area contributed by atoms with Gasteiger partial charge in [0.05, 0.1) is 0 Å². The number of nitrogens with zero attached hydrogens (tertiary/aromatic N) is 1. The van der Waals surface area contributed by atoms with Gasteiger partial charge in [0.2, 0.25) is 0 Å². The first-order valence-electron chi connectivity index (χ1n) is 7.47. The first-order chi connectivity index (χ1) is 9.56. The van der Waals surface area contributed by atoms with Gasteiger partial charge >= 0.3 is 0 Å². The van der Waals surface area contributed by atoms with Crippen LogP contribution in [0.1, 0.15) is 38.3 Å². The third kappa shape index (κ3) is 4.25. The van der Waals surface area contributed by atoms with Gasteiger partial charge in [-0.1, -0.05) is 6.92 Å². The lowest BCUT2D eigenvalue weighted by molar-refractivity contribution is 0.191. The molecule has 2 nitrogen and oxygen atoms in total. The second-order valence-electron chi connectivity index (χ2n) is 5.87. The van der Waals surface area contributed by atoms with Gasteiger partial charge < -0.3 is 10.2 Å². The maximum absolute atomic E-state index is 13.6. The standard InChI is InChI=1S/C16H24F2N2/c1-12-5-8-20(9-6-12)10-7-19-13(2)15-11-14(17)3-4-16(15)18/h3-4,11-13,19H,5-10H2,1-2H3. The zero-order valence-electron chi connectivity index (χ0n) is 12.3. The first-order valence-corrected chi connectivity index (χ1v) is 7.47. The highest BCUT2D eigenvalue weighted by atomic mass is 19.1. The van der Waals surface area contributed by atoms with E-state index in [9.17, 15) is 8.78 Å². The van der Waals surface area contributed by atoms with Crippen molar-refractivity contribution in [1.29, 1.82) is 0 Å². The van der Waals surface area contributed by atoms with E-state index in [1.807, 2.05) is 6.92 Å². The fourth-order valence-electron chi connectivity index (χ4n) is 2.68. The Morgan fingerprint density at radius 2 is 2.00 bits per heavy atom. The van der Waals surface area contributed by atoms with Crippen LogP contribution in [0.5, 0.6) is 0 Å². The molecule has 1 fully saturated rings. The Balaban J connectivity index is 1.77. The Kier molecular flexibility index (Phi) is 5.49. The largest absolute Gasteiger partial charge is 0.309 e. The van der Waals surface area contributed by atoms with E-state index < -0.39 is 0 Å². The smallest absolute Gasteiger partial charge is 0.128 e. The van der Waals surface area contributed by atoms with Crippen LogP contribution in [-0.4, -0.2) is 31.1 Å². The summed E-state index contributed by atoms with van der Waals surface area (Å²) in [6, 6.07) is 3.44. The van der Waals surface area contributed by atoms with E-state index in [1.165, 1.54) is 25.0 Å². The number of halogens is 2. The highest BCUT2D eigenvalue weighted by molar-refractivity contribution is 5.21. The summed E-state index contributed by atoms with van der Waals surface area (Å²) in [5.74, 6) is 0.0952. The van der Waals surface area contributed by atoms with Crippen LogP contribution in [0, 0.1) is 17.6 Å². The highest BCUT2D eigenvalue weighted by Gasteiger charge is 2.16. The number of benzene rings is 1. The Labute approximate surface area is 120 Å². The summed E-state index contributed by atoms with van der Waals surface area (Å²) >= 11 is 0. The molecule has 1 aromatic rings. The Morgan fingerprint density at radius 3 is 2.70 bits per heavy atom. The Bertz CT molecular complexity index is 428. The van der Waals surface area contributed by atoms with Crippen molar-refractivity contribution in [3.05, 3.63) is 35.4 Å². The number of piperidine rings is 1. The fraction of sp³-hybridized carbons (Fsp3) is 0.625. The van der Waals surface area contributed by atoms with Gasteiger partial charge in [-0.3, -0.25) is 0 Å². The predicted octanol–water partition coefficient (Wildman–Crippen LogP) is 3.35. The summed E-state index contributed by atoms with van der Waals surface area (Å²) in [6.45, 7) is 8.22. The molecule has 1 atom stereocenters. The second kappa shape index (κ2) is 7.14. The molecule has 0 aromatic heterocycles. The minimum atomic E-state index is -0.389. The SMILES string of the molecule is CC1CCN(CCNC(C)c2cc(F)ccc2F)CC1. The number of rotatable bonds is 5. The van der Waals surface area contributed by atoms with Crippen molar-refractivity contribution in [1.82, 2.24) is 10.2 Å². The first kappa shape index (κ1) is 15.4.